The maximum atomic E-state index is 12.0. The molecule has 0 bridgehead atoms. The van der Waals surface area contributed by atoms with E-state index in [0.29, 0.717) is 18.7 Å². The topological polar surface area (TPSA) is 96.2 Å². The summed E-state index contributed by atoms with van der Waals surface area (Å²) in [4.78, 5) is 28.6. The molecule has 1 heterocycles. The third-order valence-corrected chi connectivity index (χ3v) is 3.70. The molecule has 1 amide bonds. The molecule has 1 aromatic heterocycles. The monoisotopic (exact) mass is 341 g/mol. The Balaban J connectivity index is 1.44. The van der Waals surface area contributed by atoms with Crippen molar-refractivity contribution in [1.29, 1.82) is 0 Å². The molecule has 0 aliphatic carbocycles. The zero-order valence-corrected chi connectivity index (χ0v) is 13.8. The summed E-state index contributed by atoms with van der Waals surface area (Å²) in [5.41, 5.74) is 1.99. The van der Waals surface area contributed by atoms with Gasteiger partial charge in [0.05, 0.1) is 31.1 Å². The second-order valence-corrected chi connectivity index (χ2v) is 5.51. The first-order valence-corrected chi connectivity index (χ1v) is 7.88. The number of imidazole rings is 1. The Morgan fingerprint density at radius 3 is 2.52 bits per heavy atom. The second-order valence-electron chi connectivity index (χ2n) is 5.51. The predicted molar refractivity (Wildman–Crippen MR) is 94.1 cm³/mol. The number of aromatic nitrogens is 2. The number of H-pyrrole nitrogens is 2. The van der Waals surface area contributed by atoms with Crippen LogP contribution in [-0.2, 0) is 11.2 Å². The number of rotatable bonds is 7. The van der Waals surface area contributed by atoms with Crippen LogP contribution in [0.15, 0.2) is 47.3 Å². The average Bonchev–Trinajstić information content (AvgIpc) is 2.98. The van der Waals surface area contributed by atoms with E-state index in [1.165, 1.54) is 0 Å². The van der Waals surface area contributed by atoms with Crippen molar-refractivity contribution in [2.45, 2.75) is 6.42 Å². The molecule has 7 nitrogen and oxygen atoms in total. The fourth-order valence-electron chi connectivity index (χ4n) is 2.47. The second kappa shape index (κ2) is 7.57. The predicted octanol–water partition coefficient (Wildman–Crippen LogP) is 1.60. The zero-order chi connectivity index (χ0) is 17.6. The van der Waals surface area contributed by atoms with Gasteiger partial charge in [-0.15, -0.1) is 0 Å². The maximum Gasteiger partial charge on any atom is 0.323 e. The van der Waals surface area contributed by atoms with Gasteiger partial charge in [-0.1, -0.05) is 6.07 Å². The minimum Gasteiger partial charge on any atom is -0.497 e. The number of aromatic amines is 2. The molecule has 130 valence electrons. The fourth-order valence-corrected chi connectivity index (χ4v) is 2.47. The van der Waals surface area contributed by atoms with Crippen molar-refractivity contribution >= 4 is 16.9 Å². The van der Waals surface area contributed by atoms with Crippen molar-refractivity contribution in [3.63, 3.8) is 0 Å². The van der Waals surface area contributed by atoms with Crippen molar-refractivity contribution < 1.29 is 14.3 Å². The highest BCUT2D eigenvalue weighted by Gasteiger charge is 2.05. The number of fused-ring (bicyclic) bond motifs is 1. The van der Waals surface area contributed by atoms with Crippen LogP contribution in [0, 0.1) is 0 Å². The summed E-state index contributed by atoms with van der Waals surface area (Å²) >= 11 is 0. The molecule has 3 N–H and O–H groups in total. The Labute approximate surface area is 144 Å². The number of methoxy groups -OCH3 is 1. The Bertz CT molecular complexity index is 912. The Morgan fingerprint density at radius 1 is 1.04 bits per heavy atom. The number of carbonyl (C=O) groups is 1. The van der Waals surface area contributed by atoms with E-state index in [2.05, 4.69) is 15.3 Å². The van der Waals surface area contributed by atoms with Gasteiger partial charge in [0.15, 0.2) is 0 Å². The number of hydrogen-bond acceptors (Lipinski definition) is 4. The molecular weight excluding hydrogens is 322 g/mol. The Kier molecular flexibility index (Phi) is 5.03. The highest BCUT2D eigenvalue weighted by Crippen LogP contribution is 2.16. The minimum absolute atomic E-state index is 0.101. The third-order valence-electron chi connectivity index (χ3n) is 3.70. The lowest BCUT2D eigenvalue weighted by Gasteiger charge is -2.08. The first kappa shape index (κ1) is 16.6. The zero-order valence-electron chi connectivity index (χ0n) is 13.8. The number of hydrogen-bond donors (Lipinski definition) is 3. The van der Waals surface area contributed by atoms with Crippen LogP contribution in [0.3, 0.4) is 0 Å². The number of amides is 1. The average molecular weight is 341 g/mol. The van der Waals surface area contributed by atoms with E-state index in [0.717, 1.165) is 22.6 Å². The Hall–Kier alpha value is -3.22. The van der Waals surface area contributed by atoms with Gasteiger partial charge in [-0.3, -0.25) is 4.79 Å². The van der Waals surface area contributed by atoms with Crippen molar-refractivity contribution in [2.75, 3.05) is 20.3 Å². The van der Waals surface area contributed by atoms with E-state index in [1.807, 2.05) is 30.3 Å². The molecule has 0 saturated carbocycles. The van der Waals surface area contributed by atoms with Crippen molar-refractivity contribution in [1.82, 2.24) is 15.3 Å². The van der Waals surface area contributed by atoms with Crippen molar-refractivity contribution in [2.24, 2.45) is 0 Å². The molecule has 0 aliphatic heterocycles. The quantitative estimate of drug-likeness (QED) is 0.569. The van der Waals surface area contributed by atoms with Gasteiger partial charge >= 0.3 is 5.69 Å². The lowest BCUT2D eigenvalue weighted by Crippen LogP contribution is -2.29. The molecular formula is C18H19N3O4. The first-order valence-electron chi connectivity index (χ1n) is 7.88. The van der Waals surface area contributed by atoms with Gasteiger partial charge in [0, 0.05) is 0 Å². The molecule has 3 rings (SSSR count). The van der Waals surface area contributed by atoms with Crippen LogP contribution < -0.4 is 20.5 Å². The lowest BCUT2D eigenvalue weighted by atomic mass is 10.1. The summed E-state index contributed by atoms with van der Waals surface area (Å²) in [5.74, 6) is 1.38. The SMILES string of the molecule is COc1ccc(OCCNC(=O)Cc2ccc3[nH]c(=O)[nH]c3c2)cc1. The summed E-state index contributed by atoms with van der Waals surface area (Å²) in [6.07, 6.45) is 0.242. The van der Waals surface area contributed by atoms with Crippen LogP contribution in [-0.4, -0.2) is 36.1 Å². The number of benzene rings is 2. The molecule has 0 radical (unpaired) electrons. The molecule has 0 aliphatic rings. The van der Waals surface area contributed by atoms with E-state index in [9.17, 15) is 9.59 Å². The normalized spacial score (nSPS) is 10.6. The molecule has 25 heavy (non-hydrogen) atoms. The highest BCUT2D eigenvalue weighted by atomic mass is 16.5. The van der Waals surface area contributed by atoms with E-state index in [-0.39, 0.29) is 18.0 Å². The highest BCUT2D eigenvalue weighted by molar-refractivity contribution is 5.81. The van der Waals surface area contributed by atoms with Gasteiger partial charge in [0.2, 0.25) is 5.91 Å². The van der Waals surface area contributed by atoms with E-state index >= 15 is 0 Å². The van der Waals surface area contributed by atoms with Crippen LogP contribution >= 0.6 is 0 Å². The first-order chi connectivity index (χ1) is 12.1. The number of ether oxygens (including phenoxy) is 2. The van der Waals surface area contributed by atoms with Crippen molar-refractivity contribution in [3.8, 4) is 11.5 Å². The van der Waals surface area contributed by atoms with Gasteiger partial charge in [0.25, 0.3) is 0 Å². The molecule has 0 atom stereocenters. The molecule has 2 aromatic carbocycles. The van der Waals surface area contributed by atoms with Crippen LogP contribution in [0.2, 0.25) is 0 Å². The summed E-state index contributed by atoms with van der Waals surface area (Å²) in [5, 5.41) is 2.81. The van der Waals surface area contributed by atoms with Crippen LogP contribution in [0.25, 0.3) is 11.0 Å². The summed E-state index contributed by atoms with van der Waals surface area (Å²) in [6, 6.07) is 12.6. The van der Waals surface area contributed by atoms with Gasteiger partial charge in [0.1, 0.15) is 18.1 Å². The van der Waals surface area contributed by atoms with E-state index < -0.39 is 0 Å². The lowest BCUT2D eigenvalue weighted by molar-refractivity contribution is -0.120. The van der Waals surface area contributed by atoms with E-state index in [1.54, 1.807) is 19.2 Å². The van der Waals surface area contributed by atoms with E-state index in [4.69, 9.17) is 9.47 Å². The summed E-state index contributed by atoms with van der Waals surface area (Å²) < 4.78 is 10.6. The van der Waals surface area contributed by atoms with Gasteiger partial charge in [-0.2, -0.15) is 0 Å². The molecule has 0 saturated heterocycles. The summed E-state index contributed by atoms with van der Waals surface area (Å²) in [6.45, 7) is 0.788. The largest absolute Gasteiger partial charge is 0.497 e. The van der Waals surface area contributed by atoms with Crippen molar-refractivity contribution in [3.05, 3.63) is 58.5 Å². The van der Waals surface area contributed by atoms with Gasteiger partial charge in [-0.25, -0.2) is 4.79 Å². The molecule has 0 spiro atoms. The molecule has 0 unspecified atom stereocenters. The van der Waals surface area contributed by atoms with Crippen LogP contribution in [0.1, 0.15) is 5.56 Å². The number of nitrogens with one attached hydrogen (secondary N) is 3. The summed E-state index contributed by atoms with van der Waals surface area (Å²) in [7, 11) is 1.61. The van der Waals surface area contributed by atoms with Gasteiger partial charge in [-0.05, 0) is 42.0 Å². The van der Waals surface area contributed by atoms with Crippen LogP contribution in [0.5, 0.6) is 11.5 Å². The fraction of sp³-hybridized carbons (Fsp3) is 0.222. The maximum absolute atomic E-state index is 12.0. The minimum atomic E-state index is -0.257. The van der Waals surface area contributed by atoms with Crippen LogP contribution in [0.4, 0.5) is 0 Å². The molecule has 3 aromatic rings. The van der Waals surface area contributed by atoms with Gasteiger partial charge < -0.3 is 24.8 Å². The third kappa shape index (κ3) is 4.41. The Morgan fingerprint density at radius 2 is 1.76 bits per heavy atom. The smallest absolute Gasteiger partial charge is 0.323 e. The standard InChI is InChI=1S/C18H19N3O4/c1-24-13-3-5-14(6-4-13)25-9-8-19-17(22)11-12-2-7-15-16(10-12)21-18(23)20-15/h2-7,10H,8-9,11H2,1H3,(H,19,22)(H2,20,21,23). The molecule has 7 heteroatoms. The molecule has 0 fully saturated rings. The number of carbonyl (C=O) groups excluding carboxylic acids is 1.